The van der Waals surface area contributed by atoms with Crippen LogP contribution in [0.5, 0.6) is 0 Å². The van der Waals surface area contributed by atoms with Crippen molar-refractivity contribution < 1.29 is 22.8 Å². The van der Waals surface area contributed by atoms with E-state index in [1.54, 1.807) is 36.7 Å². The lowest BCUT2D eigenvalue weighted by Gasteiger charge is -2.40. The fraction of sp³-hybridized carbons (Fsp3) is 0.240. The molecule has 4 rings (SSSR count). The van der Waals surface area contributed by atoms with E-state index in [-0.39, 0.29) is 24.1 Å². The van der Waals surface area contributed by atoms with Gasteiger partial charge >= 0.3 is 11.8 Å². The van der Waals surface area contributed by atoms with E-state index in [1.165, 1.54) is 6.07 Å². The summed E-state index contributed by atoms with van der Waals surface area (Å²) in [6.45, 7) is 2.45. The van der Waals surface area contributed by atoms with Crippen LogP contribution < -0.4 is 15.5 Å². The third-order valence-corrected chi connectivity index (χ3v) is 5.86. The number of piperazine rings is 1. The number of para-hydroxylation sites is 1. The van der Waals surface area contributed by atoms with Crippen LogP contribution in [0.15, 0.2) is 67.0 Å². The number of hydrogen-bond donors (Lipinski definition) is 2. The molecule has 7 nitrogen and oxygen atoms in total. The van der Waals surface area contributed by atoms with Gasteiger partial charge in [0, 0.05) is 51.2 Å². The van der Waals surface area contributed by atoms with Gasteiger partial charge in [-0.3, -0.25) is 19.5 Å². The summed E-state index contributed by atoms with van der Waals surface area (Å²) in [7, 11) is 0. The van der Waals surface area contributed by atoms with Crippen molar-refractivity contribution >= 4 is 23.2 Å². The number of amides is 2. The zero-order valence-corrected chi connectivity index (χ0v) is 18.8. The summed E-state index contributed by atoms with van der Waals surface area (Å²) in [5, 5.41) is 4.74. The fourth-order valence-electron chi connectivity index (χ4n) is 4.05. The molecule has 35 heavy (non-hydrogen) atoms. The first kappa shape index (κ1) is 24.2. The van der Waals surface area contributed by atoms with Crippen molar-refractivity contribution in [3.8, 4) is 0 Å². The Labute approximate surface area is 200 Å². The van der Waals surface area contributed by atoms with E-state index in [0.29, 0.717) is 37.9 Å². The van der Waals surface area contributed by atoms with Crippen LogP contribution in [-0.2, 0) is 9.59 Å². The number of rotatable bonds is 6. The maximum Gasteiger partial charge on any atom is 0.313 e. The zero-order chi connectivity index (χ0) is 24.8. The largest absolute Gasteiger partial charge is 0.367 e. The molecule has 0 spiro atoms. The smallest absolute Gasteiger partial charge is 0.313 e. The SMILES string of the molecule is O=C(NC[C@@H](c1cccnc1)N1CCN(c2ccccc2F)CC1)C(=O)Nc1ccc(F)cc1F. The second-order valence-corrected chi connectivity index (χ2v) is 8.06. The number of pyridine rings is 1. The molecule has 0 saturated carbocycles. The highest BCUT2D eigenvalue weighted by atomic mass is 19.1. The van der Waals surface area contributed by atoms with E-state index < -0.39 is 23.4 Å². The Kier molecular flexibility index (Phi) is 7.61. The molecule has 1 atom stereocenters. The molecule has 182 valence electrons. The molecule has 1 fully saturated rings. The number of benzene rings is 2. The van der Waals surface area contributed by atoms with Gasteiger partial charge in [0.05, 0.1) is 17.4 Å². The summed E-state index contributed by atoms with van der Waals surface area (Å²) in [5.74, 6) is -4.07. The summed E-state index contributed by atoms with van der Waals surface area (Å²) in [6, 6.07) is 12.6. The lowest BCUT2D eigenvalue weighted by molar-refractivity contribution is -0.136. The molecule has 0 unspecified atom stereocenters. The van der Waals surface area contributed by atoms with Gasteiger partial charge in [-0.25, -0.2) is 13.2 Å². The van der Waals surface area contributed by atoms with Crippen molar-refractivity contribution in [2.24, 2.45) is 0 Å². The Balaban J connectivity index is 1.40. The molecule has 2 amide bonds. The first-order valence-electron chi connectivity index (χ1n) is 11.1. The van der Waals surface area contributed by atoms with E-state index in [2.05, 4.69) is 20.5 Å². The third-order valence-electron chi connectivity index (χ3n) is 5.86. The minimum absolute atomic E-state index is 0.101. The maximum atomic E-state index is 14.2. The van der Waals surface area contributed by atoms with Crippen LogP contribution >= 0.6 is 0 Å². The van der Waals surface area contributed by atoms with Gasteiger partial charge in [-0.2, -0.15) is 0 Å². The van der Waals surface area contributed by atoms with Crippen LogP contribution in [0.4, 0.5) is 24.5 Å². The predicted octanol–water partition coefficient (Wildman–Crippen LogP) is 3.12. The van der Waals surface area contributed by atoms with Gasteiger partial charge in [0.25, 0.3) is 0 Å². The number of aromatic nitrogens is 1. The van der Waals surface area contributed by atoms with Crippen molar-refractivity contribution in [2.75, 3.05) is 42.9 Å². The summed E-state index contributed by atoms with van der Waals surface area (Å²) in [4.78, 5) is 32.9. The van der Waals surface area contributed by atoms with Gasteiger partial charge in [0.15, 0.2) is 0 Å². The molecule has 2 aromatic carbocycles. The topological polar surface area (TPSA) is 77.6 Å². The van der Waals surface area contributed by atoms with Crippen molar-refractivity contribution in [2.45, 2.75) is 6.04 Å². The molecule has 1 aliphatic heterocycles. The van der Waals surface area contributed by atoms with Gasteiger partial charge in [0.1, 0.15) is 17.5 Å². The van der Waals surface area contributed by atoms with Gasteiger partial charge < -0.3 is 15.5 Å². The molecule has 0 radical (unpaired) electrons. The standard InChI is InChI=1S/C25H24F3N5O2/c26-18-7-8-21(20(28)14-18)31-25(35)24(34)30-16-23(17-4-3-9-29-15-17)33-12-10-32(11-13-33)22-6-2-1-5-19(22)27/h1-9,14-15,23H,10-13,16H2,(H,30,34)(H,31,35)/t23-/m0/s1. The van der Waals surface area contributed by atoms with Crippen LogP contribution in [-0.4, -0.2) is 54.4 Å². The van der Waals surface area contributed by atoms with Crippen LogP contribution in [0.1, 0.15) is 11.6 Å². The highest BCUT2D eigenvalue weighted by Gasteiger charge is 2.27. The Morgan fingerprint density at radius 3 is 2.37 bits per heavy atom. The number of carbonyl (C=O) groups excluding carboxylic acids is 2. The van der Waals surface area contributed by atoms with Gasteiger partial charge in [-0.1, -0.05) is 18.2 Å². The van der Waals surface area contributed by atoms with Gasteiger partial charge in [0.2, 0.25) is 0 Å². The first-order chi connectivity index (χ1) is 16.9. The Morgan fingerprint density at radius 1 is 0.914 bits per heavy atom. The first-order valence-corrected chi connectivity index (χ1v) is 11.1. The molecular weight excluding hydrogens is 459 g/mol. The Morgan fingerprint density at radius 2 is 1.69 bits per heavy atom. The molecule has 1 aliphatic rings. The Hall–Kier alpha value is -3.92. The van der Waals surface area contributed by atoms with Crippen molar-refractivity contribution in [1.82, 2.24) is 15.2 Å². The number of halogens is 3. The number of carbonyl (C=O) groups is 2. The molecule has 1 saturated heterocycles. The minimum Gasteiger partial charge on any atom is -0.367 e. The Bertz CT molecular complexity index is 1190. The highest BCUT2D eigenvalue weighted by Crippen LogP contribution is 2.25. The summed E-state index contributed by atoms with van der Waals surface area (Å²) in [5.41, 5.74) is 1.10. The van der Waals surface area contributed by atoms with Crippen molar-refractivity contribution in [3.05, 3.63) is 90.0 Å². The van der Waals surface area contributed by atoms with Crippen LogP contribution in [0.25, 0.3) is 0 Å². The third kappa shape index (κ3) is 5.96. The average molecular weight is 483 g/mol. The predicted molar refractivity (Wildman–Crippen MR) is 125 cm³/mol. The highest BCUT2D eigenvalue weighted by molar-refractivity contribution is 6.39. The second kappa shape index (κ2) is 11.0. The molecular formula is C25H24F3N5O2. The fourth-order valence-corrected chi connectivity index (χ4v) is 4.05. The number of nitrogens with one attached hydrogen (secondary N) is 2. The molecule has 2 heterocycles. The second-order valence-electron chi connectivity index (χ2n) is 8.06. The quantitative estimate of drug-likeness (QED) is 0.527. The van der Waals surface area contributed by atoms with Crippen LogP contribution in [0.2, 0.25) is 0 Å². The molecule has 0 bridgehead atoms. The van der Waals surface area contributed by atoms with E-state index in [4.69, 9.17) is 0 Å². The van der Waals surface area contributed by atoms with Crippen molar-refractivity contribution in [3.63, 3.8) is 0 Å². The summed E-state index contributed by atoms with van der Waals surface area (Å²) < 4.78 is 41.1. The number of nitrogens with zero attached hydrogens (tertiary/aromatic N) is 3. The monoisotopic (exact) mass is 483 g/mol. The molecule has 10 heteroatoms. The summed E-state index contributed by atoms with van der Waals surface area (Å²) in [6.07, 6.45) is 3.33. The lowest BCUT2D eigenvalue weighted by atomic mass is 10.1. The molecule has 0 aliphatic carbocycles. The minimum atomic E-state index is -1.06. The van der Waals surface area contributed by atoms with E-state index in [0.717, 1.165) is 17.7 Å². The average Bonchev–Trinajstić information content (AvgIpc) is 2.87. The van der Waals surface area contributed by atoms with Crippen LogP contribution in [0, 0.1) is 17.5 Å². The van der Waals surface area contributed by atoms with E-state index in [9.17, 15) is 22.8 Å². The normalized spacial score (nSPS) is 14.9. The zero-order valence-electron chi connectivity index (χ0n) is 18.8. The van der Waals surface area contributed by atoms with Gasteiger partial charge in [-0.15, -0.1) is 0 Å². The summed E-state index contributed by atoms with van der Waals surface area (Å²) >= 11 is 0. The van der Waals surface area contributed by atoms with Gasteiger partial charge in [-0.05, 0) is 35.9 Å². The molecule has 2 N–H and O–H groups in total. The van der Waals surface area contributed by atoms with Crippen molar-refractivity contribution in [1.29, 1.82) is 0 Å². The molecule has 1 aromatic heterocycles. The molecule has 3 aromatic rings. The maximum absolute atomic E-state index is 14.2. The number of hydrogen-bond acceptors (Lipinski definition) is 5. The van der Waals surface area contributed by atoms with E-state index in [1.807, 2.05) is 11.0 Å². The van der Waals surface area contributed by atoms with E-state index >= 15 is 0 Å². The van der Waals surface area contributed by atoms with Crippen LogP contribution in [0.3, 0.4) is 0 Å². The number of anilines is 2. The lowest BCUT2D eigenvalue weighted by Crippen LogP contribution is -2.50.